The number of carboxylic acid groups (broad SMARTS) is 1. The normalized spacial score (nSPS) is 18.2. The lowest BCUT2D eigenvalue weighted by Gasteiger charge is -2.32. The summed E-state index contributed by atoms with van der Waals surface area (Å²) in [4.78, 5) is 35.4. The van der Waals surface area contributed by atoms with Gasteiger partial charge in [0.1, 0.15) is 6.04 Å². The van der Waals surface area contributed by atoms with Gasteiger partial charge in [0, 0.05) is 32.6 Å². The van der Waals surface area contributed by atoms with Gasteiger partial charge in [-0.05, 0) is 13.5 Å². The number of amides is 3. The minimum absolute atomic E-state index is 0.0270. The molecule has 1 aliphatic rings. The number of hydrogen-bond donors (Lipinski definition) is 4. The topological polar surface area (TPSA) is 128 Å². The second kappa shape index (κ2) is 7.65. The van der Waals surface area contributed by atoms with Gasteiger partial charge < -0.3 is 21.1 Å². The van der Waals surface area contributed by atoms with Gasteiger partial charge in [-0.2, -0.15) is 0 Å². The van der Waals surface area contributed by atoms with Crippen LogP contribution in [0.5, 0.6) is 0 Å². The first-order valence-corrected chi connectivity index (χ1v) is 6.40. The average molecular weight is 287 g/mol. The van der Waals surface area contributed by atoms with E-state index in [1.807, 2.05) is 7.05 Å². The molecular weight excluding hydrogens is 266 g/mol. The Kier molecular flexibility index (Phi) is 6.19. The van der Waals surface area contributed by atoms with E-state index >= 15 is 0 Å². The van der Waals surface area contributed by atoms with Crippen LogP contribution in [0.25, 0.3) is 0 Å². The number of rotatable bonds is 6. The zero-order valence-electron chi connectivity index (χ0n) is 11.5. The molecule has 1 heterocycles. The van der Waals surface area contributed by atoms with Crippen LogP contribution in [-0.4, -0.2) is 72.2 Å². The SMILES string of the molecule is CN1CCN(NC(=O)N[C@H](CCC(N)=O)C(=O)O)CC1. The van der Waals surface area contributed by atoms with E-state index in [2.05, 4.69) is 15.6 Å². The van der Waals surface area contributed by atoms with Gasteiger partial charge in [0.25, 0.3) is 0 Å². The van der Waals surface area contributed by atoms with Crippen molar-refractivity contribution < 1.29 is 19.5 Å². The molecule has 0 aliphatic carbocycles. The second-order valence-corrected chi connectivity index (χ2v) is 4.77. The van der Waals surface area contributed by atoms with Gasteiger partial charge in [0.2, 0.25) is 5.91 Å². The van der Waals surface area contributed by atoms with Crippen molar-refractivity contribution in [3.63, 3.8) is 0 Å². The van der Waals surface area contributed by atoms with Crippen LogP contribution >= 0.6 is 0 Å². The van der Waals surface area contributed by atoms with Crippen molar-refractivity contribution in [2.75, 3.05) is 33.2 Å². The minimum atomic E-state index is -1.19. The molecule has 1 saturated heterocycles. The molecule has 20 heavy (non-hydrogen) atoms. The Morgan fingerprint density at radius 2 is 1.85 bits per heavy atom. The number of hydrazine groups is 1. The summed E-state index contributed by atoms with van der Waals surface area (Å²) in [7, 11) is 1.99. The first kappa shape index (κ1) is 16.2. The summed E-state index contributed by atoms with van der Waals surface area (Å²) in [5.41, 5.74) is 7.55. The number of nitrogens with one attached hydrogen (secondary N) is 2. The molecule has 0 aromatic heterocycles. The maximum Gasteiger partial charge on any atom is 0.330 e. The molecule has 1 fully saturated rings. The smallest absolute Gasteiger partial charge is 0.330 e. The van der Waals surface area contributed by atoms with E-state index < -0.39 is 23.9 Å². The van der Waals surface area contributed by atoms with Gasteiger partial charge in [0.05, 0.1) is 0 Å². The number of carboxylic acids is 1. The molecule has 1 atom stereocenters. The zero-order valence-corrected chi connectivity index (χ0v) is 11.5. The van der Waals surface area contributed by atoms with Crippen LogP contribution in [0.2, 0.25) is 0 Å². The van der Waals surface area contributed by atoms with E-state index in [4.69, 9.17) is 10.8 Å². The molecule has 3 amide bonds. The molecule has 9 heteroatoms. The third-order valence-corrected chi connectivity index (χ3v) is 3.05. The Bertz CT molecular complexity index is 368. The summed E-state index contributed by atoms with van der Waals surface area (Å²) < 4.78 is 0. The third-order valence-electron chi connectivity index (χ3n) is 3.05. The van der Waals surface area contributed by atoms with Crippen molar-refractivity contribution >= 4 is 17.9 Å². The molecule has 0 spiro atoms. The zero-order chi connectivity index (χ0) is 15.1. The van der Waals surface area contributed by atoms with Crippen LogP contribution in [0.15, 0.2) is 0 Å². The lowest BCUT2D eigenvalue weighted by Crippen LogP contribution is -2.56. The van der Waals surface area contributed by atoms with Crippen LogP contribution in [0.3, 0.4) is 0 Å². The van der Waals surface area contributed by atoms with E-state index in [0.717, 1.165) is 13.1 Å². The lowest BCUT2D eigenvalue weighted by atomic mass is 10.1. The Balaban J connectivity index is 2.37. The largest absolute Gasteiger partial charge is 0.480 e. The quantitative estimate of drug-likeness (QED) is 0.455. The minimum Gasteiger partial charge on any atom is -0.480 e. The number of urea groups is 1. The molecule has 1 rings (SSSR count). The highest BCUT2D eigenvalue weighted by molar-refractivity contribution is 5.83. The number of piperazine rings is 1. The number of nitrogens with two attached hydrogens (primary N) is 1. The van der Waals surface area contributed by atoms with Crippen LogP contribution < -0.4 is 16.5 Å². The highest BCUT2D eigenvalue weighted by atomic mass is 16.4. The molecule has 114 valence electrons. The molecule has 9 nitrogen and oxygen atoms in total. The maximum absolute atomic E-state index is 11.7. The predicted octanol–water partition coefficient (Wildman–Crippen LogP) is -1.83. The first-order chi connectivity index (χ1) is 9.38. The molecule has 1 aliphatic heterocycles. The van der Waals surface area contributed by atoms with Crippen molar-refractivity contribution in [2.24, 2.45) is 5.73 Å². The summed E-state index contributed by atoms with van der Waals surface area (Å²) >= 11 is 0. The number of carbonyl (C=O) groups is 3. The average Bonchev–Trinajstić information content (AvgIpc) is 2.36. The molecule has 0 radical (unpaired) electrons. The first-order valence-electron chi connectivity index (χ1n) is 6.40. The van der Waals surface area contributed by atoms with Gasteiger partial charge in [0.15, 0.2) is 0 Å². The highest BCUT2D eigenvalue weighted by Crippen LogP contribution is 1.99. The van der Waals surface area contributed by atoms with Crippen molar-refractivity contribution in [1.82, 2.24) is 20.7 Å². The van der Waals surface area contributed by atoms with Crippen molar-refractivity contribution in [2.45, 2.75) is 18.9 Å². The van der Waals surface area contributed by atoms with Gasteiger partial charge in [-0.15, -0.1) is 0 Å². The third kappa shape index (κ3) is 5.85. The summed E-state index contributed by atoms with van der Waals surface area (Å²) in [6, 6.07) is -1.72. The Hall–Kier alpha value is -1.87. The highest BCUT2D eigenvalue weighted by Gasteiger charge is 2.22. The monoisotopic (exact) mass is 287 g/mol. The number of aliphatic carboxylic acids is 1. The van der Waals surface area contributed by atoms with E-state index in [0.29, 0.717) is 13.1 Å². The van der Waals surface area contributed by atoms with E-state index in [9.17, 15) is 14.4 Å². The van der Waals surface area contributed by atoms with Gasteiger partial charge >= 0.3 is 12.0 Å². The molecule has 5 N–H and O–H groups in total. The fourth-order valence-electron chi connectivity index (χ4n) is 1.80. The van der Waals surface area contributed by atoms with Crippen molar-refractivity contribution in [1.29, 1.82) is 0 Å². The van der Waals surface area contributed by atoms with Gasteiger partial charge in [-0.25, -0.2) is 14.6 Å². The lowest BCUT2D eigenvalue weighted by molar-refractivity contribution is -0.139. The molecular formula is C11H21N5O4. The Morgan fingerprint density at radius 3 is 2.35 bits per heavy atom. The molecule has 0 aromatic rings. The number of hydrogen-bond acceptors (Lipinski definition) is 5. The Labute approximate surface area is 117 Å². The van der Waals surface area contributed by atoms with Gasteiger partial charge in [-0.1, -0.05) is 0 Å². The predicted molar refractivity (Wildman–Crippen MR) is 70.6 cm³/mol. The fraction of sp³-hybridized carbons (Fsp3) is 0.727. The number of carbonyl (C=O) groups excluding carboxylic acids is 2. The molecule has 0 aromatic carbocycles. The fourth-order valence-corrected chi connectivity index (χ4v) is 1.80. The summed E-state index contributed by atoms with van der Waals surface area (Å²) in [6.45, 7) is 2.99. The van der Waals surface area contributed by atoms with E-state index in [1.54, 1.807) is 5.01 Å². The van der Waals surface area contributed by atoms with Crippen LogP contribution in [0, 0.1) is 0 Å². The summed E-state index contributed by atoms with van der Waals surface area (Å²) in [5, 5.41) is 13.0. The van der Waals surface area contributed by atoms with Crippen LogP contribution in [0.4, 0.5) is 4.79 Å². The van der Waals surface area contributed by atoms with Crippen LogP contribution in [-0.2, 0) is 9.59 Å². The van der Waals surface area contributed by atoms with Crippen LogP contribution in [0.1, 0.15) is 12.8 Å². The molecule has 0 bridgehead atoms. The van der Waals surface area contributed by atoms with E-state index in [-0.39, 0.29) is 12.8 Å². The van der Waals surface area contributed by atoms with Crippen molar-refractivity contribution in [3.05, 3.63) is 0 Å². The number of primary amides is 1. The number of nitrogens with zero attached hydrogens (tertiary/aromatic N) is 2. The maximum atomic E-state index is 11.7. The molecule has 0 unspecified atom stereocenters. The summed E-state index contributed by atoms with van der Waals surface area (Å²) in [5.74, 6) is -1.79. The molecule has 0 saturated carbocycles. The van der Waals surface area contributed by atoms with Crippen molar-refractivity contribution in [3.8, 4) is 0 Å². The Morgan fingerprint density at radius 1 is 1.25 bits per heavy atom. The van der Waals surface area contributed by atoms with E-state index in [1.165, 1.54) is 0 Å². The standard InChI is InChI=1S/C11H21N5O4/c1-15-4-6-16(7-5-15)14-11(20)13-8(10(18)19)2-3-9(12)17/h8H,2-7H2,1H3,(H2,12,17)(H,18,19)(H2,13,14,20)/t8-/m1/s1. The van der Waals surface area contributed by atoms with Gasteiger partial charge in [-0.3, -0.25) is 10.2 Å². The summed E-state index contributed by atoms with van der Waals surface area (Å²) in [6.07, 6.45) is -0.118. The number of likely N-dealkylation sites (N-methyl/N-ethyl adjacent to an activating group) is 1. The second-order valence-electron chi connectivity index (χ2n) is 4.77.